The lowest BCUT2D eigenvalue weighted by molar-refractivity contribution is -0.270. The molecule has 0 saturated carbocycles. The van der Waals surface area contributed by atoms with Crippen LogP contribution in [0, 0.1) is 0 Å². The van der Waals surface area contributed by atoms with Gasteiger partial charge in [0.1, 0.15) is 18.8 Å². The number of esters is 4. The van der Waals surface area contributed by atoms with Gasteiger partial charge in [-0.25, -0.2) is 0 Å². The van der Waals surface area contributed by atoms with Crippen LogP contribution in [0.3, 0.4) is 0 Å². The number of amides is 1. The molecule has 11 heteroatoms. The smallest absolute Gasteiger partial charge is 0.305 e. The van der Waals surface area contributed by atoms with E-state index in [-0.39, 0.29) is 5.56 Å². The fourth-order valence-corrected chi connectivity index (χ4v) is 6.07. The van der Waals surface area contributed by atoms with E-state index in [1.54, 1.807) is 12.1 Å². The Morgan fingerprint density at radius 2 is 0.923 bits per heavy atom. The van der Waals surface area contributed by atoms with Crippen molar-refractivity contribution in [3.8, 4) is 0 Å². The molecule has 1 fully saturated rings. The molecule has 5 unspecified atom stereocenters. The normalized spacial score (nSPS) is 19.3. The zero-order valence-corrected chi connectivity index (χ0v) is 29.1. The van der Waals surface area contributed by atoms with Crippen molar-refractivity contribution in [1.29, 1.82) is 0 Å². The third-order valence-corrected chi connectivity index (χ3v) is 8.15. The zero-order valence-electron chi connectivity index (χ0n) is 29.1. The van der Waals surface area contributed by atoms with E-state index in [0.717, 1.165) is 54.2 Å². The first kappa shape index (κ1) is 37.2. The molecule has 0 aromatic heterocycles. The molecule has 268 valence electrons. The van der Waals surface area contributed by atoms with E-state index in [2.05, 4.69) is 29.6 Å². The van der Waals surface area contributed by atoms with Gasteiger partial charge in [-0.15, -0.1) is 0 Å². The van der Waals surface area contributed by atoms with Crippen molar-refractivity contribution in [2.75, 3.05) is 6.61 Å². The second-order valence-corrected chi connectivity index (χ2v) is 12.0. The summed E-state index contributed by atoms with van der Waals surface area (Å²) in [5.74, 6) is -3.56. The highest BCUT2D eigenvalue weighted by molar-refractivity contribution is 6.05. The highest BCUT2D eigenvalue weighted by atomic mass is 16.7. The van der Waals surface area contributed by atoms with Gasteiger partial charge in [0, 0.05) is 33.3 Å². The Bertz CT molecular complexity index is 1870. The summed E-state index contributed by atoms with van der Waals surface area (Å²) in [7, 11) is 0. The van der Waals surface area contributed by atoms with Gasteiger partial charge in [0.05, 0.1) is 0 Å². The van der Waals surface area contributed by atoms with Crippen LogP contribution in [0.1, 0.15) is 60.3 Å². The Morgan fingerprint density at radius 3 is 1.35 bits per heavy atom. The van der Waals surface area contributed by atoms with Crippen LogP contribution >= 0.6 is 0 Å². The average Bonchev–Trinajstić information content (AvgIpc) is 3.12. The van der Waals surface area contributed by atoms with E-state index < -0.39 is 67.0 Å². The van der Waals surface area contributed by atoms with Crippen molar-refractivity contribution in [2.24, 2.45) is 0 Å². The van der Waals surface area contributed by atoms with Crippen molar-refractivity contribution in [2.45, 2.75) is 58.3 Å². The Balaban J connectivity index is 1.54. The van der Waals surface area contributed by atoms with Gasteiger partial charge in [0.2, 0.25) is 6.29 Å². The van der Waals surface area contributed by atoms with E-state index in [0.29, 0.717) is 0 Å². The van der Waals surface area contributed by atoms with Gasteiger partial charge in [-0.05, 0) is 45.5 Å². The Hall–Kier alpha value is -6.07. The highest BCUT2D eigenvalue weighted by Crippen LogP contribution is 2.37. The predicted octanol–water partition coefficient (Wildman–Crippen LogP) is 5.51. The molecule has 11 nitrogen and oxygen atoms in total. The molecule has 4 aromatic rings. The number of carbonyl (C=O) groups is 5. The van der Waals surface area contributed by atoms with Gasteiger partial charge in [-0.1, -0.05) is 103 Å². The van der Waals surface area contributed by atoms with E-state index in [1.165, 1.54) is 6.92 Å². The van der Waals surface area contributed by atoms with Crippen LogP contribution in [-0.2, 0) is 42.9 Å². The maximum Gasteiger partial charge on any atom is 0.305 e. The summed E-state index contributed by atoms with van der Waals surface area (Å²) < 4.78 is 27.4. The second-order valence-electron chi connectivity index (χ2n) is 12.0. The van der Waals surface area contributed by atoms with E-state index >= 15 is 0 Å². The Labute approximate surface area is 301 Å². The van der Waals surface area contributed by atoms with Crippen LogP contribution in [-0.4, -0.2) is 67.0 Å². The molecule has 1 heterocycles. The molecule has 1 aliphatic heterocycles. The quantitative estimate of drug-likeness (QED) is 0.121. The summed E-state index contributed by atoms with van der Waals surface area (Å²) in [5, 5.41) is 2.76. The molecule has 52 heavy (non-hydrogen) atoms. The zero-order chi connectivity index (χ0) is 37.2. The topological polar surface area (TPSA) is 144 Å². The van der Waals surface area contributed by atoms with Crippen molar-refractivity contribution in [3.63, 3.8) is 0 Å². The highest BCUT2D eigenvalue weighted by Gasteiger charge is 2.52. The summed E-state index contributed by atoms with van der Waals surface area (Å²) >= 11 is 0. The Kier molecular flexibility index (Phi) is 12.3. The van der Waals surface area contributed by atoms with Gasteiger partial charge in [-0.3, -0.25) is 24.0 Å². The van der Waals surface area contributed by atoms with Gasteiger partial charge in [0.25, 0.3) is 5.91 Å². The minimum Gasteiger partial charge on any atom is -0.463 e. The SMILES string of the molecule is CC(=O)OCC1OC(OC(C)=O)C(NC(=O)c2ccc(C(=C(c3ccccc3)c3ccccc3)c3ccccc3)cc2)C(OC(C)=O)C1OC(C)=O. The maximum absolute atomic E-state index is 13.9. The fourth-order valence-electron chi connectivity index (χ4n) is 6.07. The molecular formula is C41H39NO10. The summed E-state index contributed by atoms with van der Waals surface area (Å²) in [6.45, 7) is 4.17. The van der Waals surface area contributed by atoms with Crippen molar-refractivity contribution >= 4 is 40.9 Å². The van der Waals surface area contributed by atoms with Crippen LogP contribution in [0.25, 0.3) is 11.1 Å². The molecule has 0 radical (unpaired) electrons. The lowest BCUT2D eigenvalue weighted by atomic mass is 9.85. The summed E-state index contributed by atoms with van der Waals surface area (Å²) in [5.41, 5.74) is 5.99. The minimum atomic E-state index is -1.51. The molecule has 5 rings (SSSR count). The van der Waals surface area contributed by atoms with Crippen molar-refractivity contribution in [3.05, 3.63) is 143 Å². The average molecular weight is 706 g/mol. The number of benzene rings is 4. The molecule has 0 aliphatic carbocycles. The van der Waals surface area contributed by atoms with E-state index in [1.807, 2.05) is 78.9 Å². The third kappa shape index (κ3) is 9.37. The van der Waals surface area contributed by atoms with Crippen LogP contribution in [0.15, 0.2) is 115 Å². The molecule has 1 saturated heterocycles. The summed E-state index contributed by atoms with van der Waals surface area (Å²) in [4.78, 5) is 62.1. The number of ether oxygens (including phenoxy) is 5. The van der Waals surface area contributed by atoms with Crippen molar-refractivity contribution in [1.82, 2.24) is 5.32 Å². The number of rotatable bonds is 11. The summed E-state index contributed by atoms with van der Waals surface area (Å²) in [6, 6.07) is 35.7. The van der Waals surface area contributed by atoms with E-state index in [4.69, 9.17) is 23.7 Å². The maximum atomic E-state index is 13.9. The number of hydrogen-bond acceptors (Lipinski definition) is 10. The van der Waals surface area contributed by atoms with Gasteiger partial charge >= 0.3 is 23.9 Å². The number of nitrogens with one attached hydrogen (secondary N) is 1. The molecule has 1 aliphatic rings. The standard InChI is InChI=1S/C41H39NO10/c1-25(43)48-24-34-38(49-26(2)44)39(50-27(3)45)37(41(52-34)51-28(4)46)42-40(47)33-22-20-32(21-23-33)36(31-18-12-7-13-19-31)35(29-14-8-5-9-15-29)30-16-10-6-11-17-30/h5-23,34,37-39,41H,24H2,1-4H3,(H,42,47). The fraction of sp³-hybridized carbons (Fsp3) is 0.244. The van der Waals surface area contributed by atoms with Gasteiger partial charge < -0.3 is 29.0 Å². The van der Waals surface area contributed by atoms with Crippen molar-refractivity contribution < 1.29 is 47.7 Å². The molecule has 0 spiro atoms. The lowest BCUT2D eigenvalue weighted by Crippen LogP contribution is -2.67. The molecule has 1 amide bonds. The molecule has 4 aromatic carbocycles. The van der Waals surface area contributed by atoms with Gasteiger partial charge in [0.15, 0.2) is 12.2 Å². The van der Waals surface area contributed by atoms with Crippen LogP contribution < -0.4 is 5.32 Å². The molecule has 0 bridgehead atoms. The lowest BCUT2D eigenvalue weighted by Gasteiger charge is -2.44. The first-order valence-electron chi connectivity index (χ1n) is 16.6. The Morgan fingerprint density at radius 1 is 0.519 bits per heavy atom. The minimum absolute atomic E-state index is 0.228. The largest absolute Gasteiger partial charge is 0.463 e. The number of carbonyl (C=O) groups excluding carboxylic acids is 5. The number of hydrogen-bond donors (Lipinski definition) is 1. The monoisotopic (exact) mass is 705 g/mol. The molecule has 1 N–H and O–H groups in total. The summed E-state index contributed by atoms with van der Waals surface area (Å²) in [6.07, 6.45) is -5.45. The molecular weight excluding hydrogens is 666 g/mol. The van der Waals surface area contributed by atoms with Gasteiger partial charge in [-0.2, -0.15) is 0 Å². The predicted molar refractivity (Wildman–Crippen MR) is 190 cm³/mol. The second kappa shape index (κ2) is 17.2. The van der Waals surface area contributed by atoms with Crippen LogP contribution in [0.4, 0.5) is 0 Å². The first-order chi connectivity index (χ1) is 25.0. The van der Waals surface area contributed by atoms with Crippen LogP contribution in [0.2, 0.25) is 0 Å². The third-order valence-electron chi connectivity index (χ3n) is 8.15. The first-order valence-corrected chi connectivity index (χ1v) is 16.6. The van der Waals surface area contributed by atoms with Crippen LogP contribution in [0.5, 0.6) is 0 Å². The van der Waals surface area contributed by atoms with E-state index in [9.17, 15) is 24.0 Å². The molecule has 5 atom stereocenters.